The van der Waals surface area contributed by atoms with Crippen LogP contribution in [0.5, 0.6) is 0 Å². The van der Waals surface area contributed by atoms with Gasteiger partial charge < -0.3 is 10.8 Å². The number of carboxylic acid groups (broad SMARTS) is 1. The lowest BCUT2D eigenvalue weighted by Gasteiger charge is -2.09. The fourth-order valence-corrected chi connectivity index (χ4v) is 1.55. The SMILES string of the molecule is CC(C)c1cccc(CCC(N)C(=O)O)c1. The Kier molecular flexibility index (Phi) is 4.50. The van der Waals surface area contributed by atoms with Gasteiger partial charge >= 0.3 is 5.97 Å². The number of carboxylic acids is 1. The highest BCUT2D eigenvalue weighted by molar-refractivity contribution is 5.73. The van der Waals surface area contributed by atoms with Crippen LogP contribution in [-0.2, 0) is 11.2 Å². The van der Waals surface area contributed by atoms with Crippen molar-refractivity contribution < 1.29 is 9.90 Å². The monoisotopic (exact) mass is 221 g/mol. The van der Waals surface area contributed by atoms with Crippen molar-refractivity contribution in [2.45, 2.75) is 38.6 Å². The lowest BCUT2D eigenvalue weighted by atomic mass is 9.98. The number of aliphatic carboxylic acids is 1. The molecule has 0 saturated carbocycles. The number of carbonyl (C=O) groups is 1. The van der Waals surface area contributed by atoms with E-state index in [9.17, 15) is 4.79 Å². The Bertz CT molecular complexity index is 361. The molecular weight excluding hydrogens is 202 g/mol. The van der Waals surface area contributed by atoms with E-state index >= 15 is 0 Å². The van der Waals surface area contributed by atoms with E-state index in [1.807, 2.05) is 12.1 Å². The third-order valence-corrected chi connectivity index (χ3v) is 2.68. The summed E-state index contributed by atoms with van der Waals surface area (Å²) in [7, 11) is 0. The van der Waals surface area contributed by atoms with Crippen LogP contribution in [0, 0.1) is 0 Å². The molecule has 1 aromatic rings. The minimum Gasteiger partial charge on any atom is -0.480 e. The van der Waals surface area contributed by atoms with E-state index in [-0.39, 0.29) is 0 Å². The van der Waals surface area contributed by atoms with Crippen LogP contribution in [0.4, 0.5) is 0 Å². The van der Waals surface area contributed by atoms with Crippen molar-refractivity contribution >= 4 is 5.97 Å². The summed E-state index contributed by atoms with van der Waals surface area (Å²) in [5.74, 6) is -0.437. The summed E-state index contributed by atoms with van der Waals surface area (Å²) < 4.78 is 0. The maximum atomic E-state index is 10.6. The molecule has 3 N–H and O–H groups in total. The third kappa shape index (κ3) is 3.66. The average Bonchev–Trinajstić information content (AvgIpc) is 2.26. The Hall–Kier alpha value is -1.35. The van der Waals surface area contributed by atoms with Gasteiger partial charge in [-0.05, 0) is 29.9 Å². The van der Waals surface area contributed by atoms with Gasteiger partial charge in [0.2, 0.25) is 0 Å². The van der Waals surface area contributed by atoms with Crippen LogP contribution in [-0.4, -0.2) is 17.1 Å². The fraction of sp³-hybridized carbons (Fsp3) is 0.462. The number of rotatable bonds is 5. The maximum Gasteiger partial charge on any atom is 0.320 e. The second-order valence-corrected chi connectivity index (χ2v) is 4.38. The lowest BCUT2D eigenvalue weighted by molar-refractivity contribution is -0.138. The minimum absolute atomic E-state index is 0.483. The van der Waals surface area contributed by atoms with Crippen molar-refractivity contribution in [1.29, 1.82) is 0 Å². The topological polar surface area (TPSA) is 63.3 Å². The molecule has 0 aliphatic rings. The van der Waals surface area contributed by atoms with Crippen molar-refractivity contribution in [1.82, 2.24) is 0 Å². The van der Waals surface area contributed by atoms with Crippen molar-refractivity contribution in [3.8, 4) is 0 Å². The summed E-state index contributed by atoms with van der Waals surface area (Å²) in [6, 6.07) is 7.48. The van der Waals surface area contributed by atoms with Crippen LogP contribution in [0.25, 0.3) is 0 Å². The van der Waals surface area contributed by atoms with Crippen molar-refractivity contribution in [3.05, 3.63) is 35.4 Å². The molecule has 0 radical (unpaired) electrons. The molecule has 1 atom stereocenters. The maximum absolute atomic E-state index is 10.6. The number of hydrogen-bond acceptors (Lipinski definition) is 2. The molecule has 16 heavy (non-hydrogen) atoms. The summed E-state index contributed by atoms with van der Waals surface area (Å²) in [5, 5.41) is 8.68. The lowest BCUT2D eigenvalue weighted by Crippen LogP contribution is -2.30. The summed E-state index contributed by atoms with van der Waals surface area (Å²) >= 11 is 0. The molecule has 0 aliphatic carbocycles. The Morgan fingerprint density at radius 2 is 2.12 bits per heavy atom. The molecule has 3 nitrogen and oxygen atoms in total. The molecular formula is C13H19NO2. The second-order valence-electron chi connectivity index (χ2n) is 4.38. The first-order valence-corrected chi connectivity index (χ1v) is 5.58. The van der Waals surface area contributed by atoms with Gasteiger partial charge in [0.1, 0.15) is 6.04 Å². The first-order chi connectivity index (χ1) is 7.50. The summed E-state index contributed by atoms with van der Waals surface area (Å²) in [5.41, 5.74) is 7.90. The molecule has 0 heterocycles. The Morgan fingerprint density at radius 3 is 2.69 bits per heavy atom. The fourth-order valence-electron chi connectivity index (χ4n) is 1.55. The standard InChI is InChI=1S/C13H19NO2/c1-9(2)11-5-3-4-10(8-11)6-7-12(14)13(15)16/h3-5,8-9,12H,6-7,14H2,1-2H3,(H,15,16). The van der Waals surface area contributed by atoms with Crippen LogP contribution < -0.4 is 5.73 Å². The zero-order valence-electron chi connectivity index (χ0n) is 9.81. The van der Waals surface area contributed by atoms with Gasteiger partial charge in [-0.25, -0.2) is 0 Å². The summed E-state index contributed by atoms with van der Waals surface area (Å²) in [4.78, 5) is 10.6. The third-order valence-electron chi connectivity index (χ3n) is 2.68. The van der Waals surface area contributed by atoms with E-state index in [1.165, 1.54) is 5.56 Å². The zero-order valence-corrected chi connectivity index (χ0v) is 9.81. The molecule has 0 spiro atoms. The van der Waals surface area contributed by atoms with Crippen LogP contribution >= 0.6 is 0 Å². The van der Waals surface area contributed by atoms with E-state index in [4.69, 9.17) is 10.8 Å². The molecule has 0 aromatic heterocycles. The number of hydrogen-bond donors (Lipinski definition) is 2. The van der Waals surface area contributed by atoms with Crippen LogP contribution in [0.3, 0.4) is 0 Å². The molecule has 0 aliphatic heterocycles. The van der Waals surface area contributed by atoms with E-state index in [0.29, 0.717) is 18.8 Å². The van der Waals surface area contributed by atoms with Crippen LogP contribution in [0.1, 0.15) is 37.3 Å². The second kappa shape index (κ2) is 5.66. The van der Waals surface area contributed by atoms with Crippen LogP contribution in [0.15, 0.2) is 24.3 Å². The van der Waals surface area contributed by atoms with E-state index in [1.54, 1.807) is 0 Å². The molecule has 1 aromatic carbocycles. The largest absolute Gasteiger partial charge is 0.480 e. The summed E-state index contributed by atoms with van der Waals surface area (Å²) in [6.45, 7) is 4.28. The van der Waals surface area contributed by atoms with Crippen molar-refractivity contribution in [3.63, 3.8) is 0 Å². The zero-order chi connectivity index (χ0) is 12.1. The smallest absolute Gasteiger partial charge is 0.320 e. The highest BCUT2D eigenvalue weighted by atomic mass is 16.4. The van der Waals surface area contributed by atoms with Gasteiger partial charge in [-0.15, -0.1) is 0 Å². The molecule has 0 bridgehead atoms. The van der Waals surface area contributed by atoms with Gasteiger partial charge in [-0.3, -0.25) is 4.79 Å². The molecule has 1 rings (SSSR count). The van der Waals surface area contributed by atoms with E-state index in [2.05, 4.69) is 26.0 Å². The van der Waals surface area contributed by atoms with Crippen molar-refractivity contribution in [2.24, 2.45) is 5.73 Å². The predicted molar refractivity (Wildman–Crippen MR) is 64.5 cm³/mol. The molecule has 3 heteroatoms. The molecule has 0 fully saturated rings. The molecule has 88 valence electrons. The summed E-state index contributed by atoms with van der Waals surface area (Å²) in [6.07, 6.45) is 1.20. The van der Waals surface area contributed by atoms with E-state index < -0.39 is 12.0 Å². The predicted octanol–water partition coefficient (Wildman–Crippen LogP) is 2.15. The first kappa shape index (κ1) is 12.7. The Balaban J connectivity index is 2.60. The minimum atomic E-state index is -0.931. The normalized spacial score (nSPS) is 12.8. The van der Waals surface area contributed by atoms with Crippen LogP contribution in [0.2, 0.25) is 0 Å². The van der Waals surface area contributed by atoms with Gasteiger partial charge in [-0.2, -0.15) is 0 Å². The van der Waals surface area contributed by atoms with Gasteiger partial charge in [0, 0.05) is 0 Å². The first-order valence-electron chi connectivity index (χ1n) is 5.58. The van der Waals surface area contributed by atoms with Gasteiger partial charge in [0.05, 0.1) is 0 Å². The quantitative estimate of drug-likeness (QED) is 0.800. The highest BCUT2D eigenvalue weighted by Crippen LogP contribution is 2.16. The molecule has 0 saturated heterocycles. The number of aryl methyl sites for hydroxylation is 1. The van der Waals surface area contributed by atoms with E-state index in [0.717, 1.165) is 5.56 Å². The number of benzene rings is 1. The Morgan fingerprint density at radius 1 is 1.44 bits per heavy atom. The molecule has 0 amide bonds. The number of nitrogens with two attached hydrogens (primary N) is 1. The Labute approximate surface area is 96.3 Å². The van der Waals surface area contributed by atoms with Gasteiger partial charge in [0.25, 0.3) is 0 Å². The average molecular weight is 221 g/mol. The molecule has 1 unspecified atom stereocenters. The highest BCUT2D eigenvalue weighted by Gasteiger charge is 2.11. The van der Waals surface area contributed by atoms with Crippen molar-refractivity contribution in [2.75, 3.05) is 0 Å². The van der Waals surface area contributed by atoms with Gasteiger partial charge in [-0.1, -0.05) is 38.1 Å². The van der Waals surface area contributed by atoms with Gasteiger partial charge in [0.15, 0.2) is 0 Å².